The van der Waals surface area contributed by atoms with E-state index >= 15 is 0 Å². The Morgan fingerprint density at radius 2 is 1.77 bits per heavy atom. The molecule has 13 heavy (non-hydrogen) atoms. The maximum absolute atomic E-state index is 5.88. The second-order valence-electron chi connectivity index (χ2n) is 3.97. The molecule has 0 rings (SSSR count). The molecule has 0 amide bonds. The lowest BCUT2D eigenvalue weighted by atomic mass is 10.0. The molecule has 0 aliphatic carbocycles. The Hall–Kier alpha value is -0.160. The van der Waals surface area contributed by atoms with Crippen molar-refractivity contribution in [3.05, 3.63) is 0 Å². The normalized spacial score (nSPS) is 18.2. The van der Waals surface area contributed by atoms with E-state index < -0.39 is 0 Å². The van der Waals surface area contributed by atoms with Gasteiger partial charge >= 0.3 is 0 Å². The summed E-state index contributed by atoms with van der Waals surface area (Å²) >= 11 is 0. The lowest BCUT2D eigenvalue weighted by Gasteiger charge is -2.17. The second kappa shape index (κ2) is 7.26. The SMILES string of the molecule is CC(N)CNCC(N)CC(C)CN. The number of hydrogen-bond donors (Lipinski definition) is 4. The molecule has 4 nitrogen and oxygen atoms in total. The predicted molar refractivity (Wildman–Crippen MR) is 57.3 cm³/mol. The van der Waals surface area contributed by atoms with Gasteiger partial charge in [0.1, 0.15) is 0 Å². The fraction of sp³-hybridized carbons (Fsp3) is 1.00. The molecule has 7 N–H and O–H groups in total. The topological polar surface area (TPSA) is 90.1 Å². The van der Waals surface area contributed by atoms with Gasteiger partial charge in [-0.15, -0.1) is 0 Å². The van der Waals surface area contributed by atoms with Gasteiger partial charge in [-0.2, -0.15) is 0 Å². The maximum atomic E-state index is 5.88. The van der Waals surface area contributed by atoms with E-state index in [-0.39, 0.29) is 12.1 Å². The minimum Gasteiger partial charge on any atom is -0.330 e. The van der Waals surface area contributed by atoms with Gasteiger partial charge in [0.15, 0.2) is 0 Å². The Labute approximate surface area is 81.2 Å². The van der Waals surface area contributed by atoms with Crippen molar-refractivity contribution in [1.29, 1.82) is 0 Å². The zero-order valence-electron chi connectivity index (χ0n) is 8.79. The smallest absolute Gasteiger partial charge is 0.0168 e. The molecule has 0 aliphatic rings. The van der Waals surface area contributed by atoms with Gasteiger partial charge in [0, 0.05) is 25.2 Å². The minimum absolute atomic E-state index is 0.192. The fourth-order valence-corrected chi connectivity index (χ4v) is 1.19. The monoisotopic (exact) mass is 188 g/mol. The third kappa shape index (κ3) is 8.18. The molecule has 4 heteroatoms. The van der Waals surface area contributed by atoms with Gasteiger partial charge in [-0.3, -0.25) is 0 Å². The van der Waals surface area contributed by atoms with Crippen LogP contribution >= 0.6 is 0 Å². The van der Waals surface area contributed by atoms with E-state index in [4.69, 9.17) is 17.2 Å². The molecule has 3 atom stereocenters. The molecule has 0 aromatic rings. The molecule has 0 spiro atoms. The van der Waals surface area contributed by atoms with E-state index in [1.54, 1.807) is 0 Å². The van der Waals surface area contributed by atoms with E-state index in [9.17, 15) is 0 Å². The molecule has 0 aromatic carbocycles. The molecule has 0 saturated carbocycles. The van der Waals surface area contributed by atoms with Crippen LogP contribution in [0.2, 0.25) is 0 Å². The molecular formula is C9H24N4. The highest BCUT2D eigenvalue weighted by Crippen LogP contribution is 2.00. The lowest BCUT2D eigenvalue weighted by molar-refractivity contribution is 0.445. The standard InChI is InChI=1S/C9H24N4/c1-7(4-10)3-9(12)6-13-5-8(2)11/h7-9,13H,3-6,10-12H2,1-2H3. The van der Waals surface area contributed by atoms with Crippen molar-refractivity contribution in [2.75, 3.05) is 19.6 Å². The van der Waals surface area contributed by atoms with Crippen LogP contribution in [0.1, 0.15) is 20.3 Å². The first-order chi connectivity index (χ1) is 6.06. The van der Waals surface area contributed by atoms with E-state index in [0.717, 1.165) is 19.5 Å². The van der Waals surface area contributed by atoms with Crippen molar-refractivity contribution < 1.29 is 0 Å². The van der Waals surface area contributed by atoms with E-state index in [1.807, 2.05) is 6.92 Å². The van der Waals surface area contributed by atoms with Crippen LogP contribution < -0.4 is 22.5 Å². The summed E-state index contributed by atoms with van der Waals surface area (Å²) in [6.07, 6.45) is 0.975. The molecule has 0 aromatic heterocycles. The molecule has 3 unspecified atom stereocenters. The van der Waals surface area contributed by atoms with Gasteiger partial charge in [0.2, 0.25) is 0 Å². The van der Waals surface area contributed by atoms with Crippen LogP contribution in [0, 0.1) is 5.92 Å². The zero-order chi connectivity index (χ0) is 10.3. The first-order valence-electron chi connectivity index (χ1n) is 4.98. The van der Waals surface area contributed by atoms with Gasteiger partial charge in [0.25, 0.3) is 0 Å². The maximum Gasteiger partial charge on any atom is 0.0168 e. The highest BCUT2D eigenvalue weighted by Gasteiger charge is 2.07. The summed E-state index contributed by atoms with van der Waals surface area (Å²) < 4.78 is 0. The van der Waals surface area contributed by atoms with Crippen molar-refractivity contribution in [1.82, 2.24) is 5.32 Å². The fourth-order valence-electron chi connectivity index (χ4n) is 1.19. The molecule has 0 saturated heterocycles. The Balaban J connectivity index is 3.34. The van der Waals surface area contributed by atoms with Crippen LogP contribution in [0.5, 0.6) is 0 Å². The summed E-state index contributed by atoms with van der Waals surface area (Å²) in [6, 6.07) is 0.386. The Kier molecular flexibility index (Phi) is 7.17. The van der Waals surface area contributed by atoms with E-state index in [1.165, 1.54) is 0 Å². The summed E-state index contributed by atoms with van der Waals surface area (Å²) in [7, 11) is 0. The van der Waals surface area contributed by atoms with Crippen molar-refractivity contribution in [2.45, 2.75) is 32.4 Å². The van der Waals surface area contributed by atoms with E-state index in [2.05, 4.69) is 12.2 Å². The Bertz CT molecular complexity index is 116. The number of hydrogen-bond acceptors (Lipinski definition) is 4. The van der Waals surface area contributed by atoms with Gasteiger partial charge in [-0.05, 0) is 25.8 Å². The van der Waals surface area contributed by atoms with Crippen LogP contribution in [0.4, 0.5) is 0 Å². The van der Waals surface area contributed by atoms with Crippen molar-refractivity contribution in [3.8, 4) is 0 Å². The molecule has 80 valence electrons. The highest BCUT2D eigenvalue weighted by atomic mass is 14.9. The first-order valence-corrected chi connectivity index (χ1v) is 4.98. The second-order valence-corrected chi connectivity index (χ2v) is 3.97. The highest BCUT2D eigenvalue weighted by molar-refractivity contribution is 4.70. The largest absolute Gasteiger partial charge is 0.330 e. The van der Waals surface area contributed by atoms with Crippen molar-refractivity contribution in [2.24, 2.45) is 23.1 Å². The molecule has 0 fully saturated rings. The molecule has 0 heterocycles. The molecule has 0 bridgehead atoms. The quantitative estimate of drug-likeness (QED) is 0.422. The first kappa shape index (κ1) is 12.8. The summed E-state index contributed by atoms with van der Waals surface area (Å²) in [6.45, 7) is 6.45. The van der Waals surface area contributed by atoms with Gasteiger partial charge < -0.3 is 22.5 Å². The average molecular weight is 188 g/mol. The van der Waals surface area contributed by atoms with E-state index in [0.29, 0.717) is 12.5 Å². The predicted octanol–water partition coefficient (Wildman–Crippen LogP) is -0.765. The van der Waals surface area contributed by atoms with Crippen LogP contribution in [0.25, 0.3) is 0 Å². The third-order valence-electron chi connectivity index (χ3n) is 1.98. The van der Waals surface area contributed by atoms with Gasteiger partial charge in [0.05, 0.1) is 0 Å². The summed E-state index contributed by atoms with van der Waals surface area (Å²) in [5.41, 5.74) is 17.0. The Morgan fingerprint density at radius 1 is 1.15 bits per heavy atom. The third-order valence-corrected chi connectivity index (χ3v) is 1.98. The number of nitrogens with two attached hydrogens (primary N) is 3. The van der Waals surface area contributed by atoms with Crippen LogP contribution in [0.3, 0.4) is 0 Å². The van der Waals surface area contributed by atoms with Crippen LogP contribution in [-0.2, 0) is 0 Å². The average Bonchev–Trinajstić information content (AvgIpc) is 2.03. The van der Waals surface area contributed by atoms with Crippen molar-refractivity contribution in [3.63, 3.8) is 0 Å². The zero-order valence-corrected chi connectivity index (χ0v) is 8.79. The minimum atomic E-state index is 0.192. The number of rotatable bonds is 7. The Morgan fingerprint density at radius 3 is 2.23 bits per heavy atom. The summed E-state index contributed by atoms with van der Waals surface area (Å²) in [5.74, 6) is 0.507. The van der Waals surface area contributed by atoms with Gasteiger partial charge in [-0.1, -0.05) is 6.92 Å². The van der Waals surface area contributed by atoms with Crippen LogP contribution in [-0.4, -0.2) is 31.7 Å². The van der Waals surface area contributed by atoms with Gasteiger partial charge in [-0.25, -0.2) is 0 Å². The number of nitrogens with one attached hydrogen (secondary N) is 1. The van der Waals surface area contributed by atoms with Crippen LogP contribution in [0.15, 0.2) is 0 Å². The summed E-state index contributed by atoms with van der Waals surface area (Å²) in [4.78, 5) is 0. The molecule has 0 aliphatic heterocycles. The lowest BCUT2D eigenvalue weighted by Crippen LogP contribution is -2.40. The van der Waals surface area contributed by atoms with Crippen molar-refractivity contribution >= 4 is 0 Å². The molecule has 0 radical (unpaired) electrons. The molecular weight excluding hydrogens is 164 g/mol. The summed E-state index contributed by atoms with van der Waals surface area (Å²) in [5, 5.41) is 3.22.